The molecule has 1 aromatic carbocycles. The van der Waals surface area contributed by atoms with Crippen LogP contribution < -0.4 is 4.43 Å². The zero-order chi connectivity index (χ0) is 19.6. The molecule has 0 aliphatic heterocycles. The van der Waals surface area contributed by atoms with Gasteiger partial charge in [0, 0.05) is 12.4 Å². The third kappa shape index (κ3) is 3.29. The van der Waals surface area contributed by atoms with E-state index in [1.54, 1.807) is 0 Å². The maximum Gasteiger partial charge on any atom is 0.344 e. The Morgan fingerprint density at radius 1 is 1.04 bits per heavy atom. The summed E-state index contributed by atoms with van der Waals surface area (Å²) in [5, 5.41) is 0.891. The van der Waals surface area contributed by atoms with Crippen LogP contribution >= 0.6 is 0 Å². The van der Waals surface area contributed by atoms with Crippen molar-refractivity contribution in [1.82, 2.24) is 4.57 Å². The van der Waals surface area contributed by atoms with Gasteiger partial charge in [0.25, 0.3) is 8.32 Å². The van der Waals surface area contributed by atoms with Crippen molar-refractivity contribution >= 4 is 25.2 Å². The predicted octanol–water partition coefficient (Wildman–Crippen LogP) is 5.91. The van der Waals surface area contributed by atoms with Crippen molar-refractivity contribution in [3.8, 4) is 5.88 Å². The Balaban J connectivity index is 2.73. The van der Waals surface area contributed by atoms with Crippen LogP contribution in [0.4, 0.5) is 0 Å². The fourth-order valence-corrected chi connectivity index (χ4v) is 9.69. The summed E-state index contributed by atoms with van der Waals surface area (Å²) in [4.78, 5) is 12.8. The number of carbonyl (C=O) groups excluding carboxylic acids is 1. The fourth-order valence-electron chi connectivity index (χ4n) is 4.41. The number of aromatic nitrogens is 1. The first kappa shape index (κ1) is 20.6. The molecule has 0 N–H and O–H groups in total. The molecule has 5 heteroatoms. The van der Waals surface area contributed by atoms with Crippen LogP contribution in [0.15, 0.2) is 24.3 Å². The van der Waals surface area contributed by atoms with E-state index in [-0.39, 0.29) is 5.97 Å². The molecule has 0 aliphatic carbocycles. The van der Waals surface area contributed by atoms with Gasteiger partial charge >= 0.3 is 5.97 Å². The summed E-state index contributed by atoms with van der Waals surface area (Å²) < 4.78 is 14.3. The highest BCUT2D eigenvalue weighted by molar-refractivity contribution is 6.78. The van der Waals surface area contributed by atoms with Crippen LogP contribution in [0.25, 0.3) is 10.9 Å². The van der Waals surface area contributed by atoms with Crippen LogP contribution in [0.3, 0.4) is 0 Å². The van der Waals surface area contributed by atoms with Crippen molar-refractivity contribution in [3.63, 3.8) is 0 Å². The summed E-state index contributed by atoms with van der Waals surface area (Å²) in [6.07, 6.45) is 0. The first-order valence-electron chi connectivity index (χ1n) is 9.61. The monoisotopic (exact) mass is 375 g/mol. The number of hydrogen-bond donors (Lipinski definition) is 0. The summed E-state index contributed by atoms with van der Waals surface area (Å²) in [6, 6.07) is 7.93. The van der Waals surface area contributed by atoms with E-state index < -0.39 is 8.32 Å². The van der Waals surface area contributed by atoms with Crippen molar-refractivity contribution in [1.29, 1.82) is 0 Å². The van der Waals surface area contributed by atoms with Gasteiger partial charge in [0.2, 0.25) is 0 Å². The summed E-state index contributed by atoms with van der Waals surface area (Å²) in [6.45, 7) is 15.7. The number of fused-ring (bicyclic) bond motifs is 1. The third-order valence-electron chi connectivity index (χ3n) is 5.51. The van der Waals surface area contributed by atoms with Gasteiger partial charge in [-0.1, -0.05) is 59.7 Å². The topological polar surface area (TPSA) is 40.5 Å². The van der Waals surface area contributed by atoms with Gasteiger partial charge in [0.1, 0.15) is 5.56 Å². The molecule has 2 aromatic rings. The molecule has 0 spiro atoms. The maximum atomic E-state index is 12.8. The highest BCUT2D eigenvalue weighted by Crippen LogP contribution is 2.45. The van der Waals surface area contributed by atoms with Gasteiger partial charge in [-0.15, -0.1) is 0 Å². The molecule has 26 heavy (non-hydrogen) atoms. The summed E-state index contributed by atoms with van der Waals surface area (Å²) >= 11 is 0. The minimum absolute atomic E-state index is 0.307. The lowest BCUT2D eigenvalue weighted by Gasteiger charge is -2.42. The normalized spacial score (nSPS) is 12.4. The van der Waals surface area contributed by atoms with Crippen LogP contribution in [0.1, 0.15) is 58.8 Å². The average Bonchev–Trinajstić information content (AvgIpc) is 2.84. The van der Waals surface area contributed by atoms with E-state index in [4.69, 9.17) is 9.16 Å². The second-order valence-corrected chi connectivity index (χ2v) is 13.3. The molecule has 0 aliphatic rings. The van der Waals surface area contributed by atoms with Crippen molar-refractivity contribution in [2.45, 2.75) is 65.1 Å². The van der Waals surface area contributed by atoms with Gasteiger partial charge in [-0.25, -0.2) is 4.79 Å². The second kappa shape index (κ2) is 7.87. The number of carbonyl (C=O) groups is 1. The molecule has 0 radical (unpaired) electrons. The molecule has 0 fully saturated rings. The molecule has 1 heterocycles. The Kier molecular flexibility index (Phi) is 6.22. The number of nitrogens with zero attached hydrogens (tertiary/aromatic N) is 1. The van der Waals surface area contributed by atoms with E-state index in [9.17, 15) is 4.79 Å². The van der Waals surface area contributed by atoms with Gasteiger partial charge in [-0.3, -0.25) is 0 Å². The van der Waals surface area contributed by atoms with Crippen LogP contribution in [0.2, 0.25) is 16.6 Å². The molecule has 0 atom stereocenters. The van der Waals surface area contributed by atoms with Crippen molar-refractivity contribution in [3.05, 3.63) is 29.8 Å². The van der Waals surface area contributed by atoms with Crippen LogP contribution in [-0.4, -0.2) is 25.5 Å². The highest BCUT2D eigenvalue weighted by atomic mass is 28.4. The minimum Gasteiger partial charge on any atom is -0.530 e. The molecule has 1 aromatic heterocycles. The zero-order valence-electron chi connectivity index (χ0n) is 17.4. The number of benzene rings is 1. The molecular weight excluding hydrogens is 342 g/mol. The van der Waals surface area contributed by atoms with Crippen LogP contribution in [0.5, 0.6) is 5.88 Å². The first-order chi connectivity index (χ1) is 12.2. The quantitative estimate of drug-likeness (QED) is 0.446. The Hall–Kier alpha value is -1.75. The van der Waals surface area contributed by atoms with Gasteiger partial charge in [0.05, 0.1) is 12.1 Å². The Bertz CT molecular complexity index is 755. The van der Waals surface area contributed by atoms with Gasteiger partial charge in [-0.05, 0) is 29.6 Å². The number of hydrogen-bond acceptors (Lipinski definition) is 3. The molecule has 0 amide bonds. The second-order valence-electron chi connectivity index (χ2n) is 7.90. The smallest absolute Gasteiger partial charge is 0.344 e. The molecular formula is C21H33NO3Si. The maximum absolute atomic E-state index is 12.8. The van der Waals surface area contributed by atoms with E-state index in [1.807, 2.05) is 42.8 Å². The molecule has 0 bridgehead atoms. The Morgan fingerprint density at radius 2 is 1.58 bits per heavy atom. The zero-order valence-corrected chi connectivity index (χ0v) is 18.4. The van der Waals surface area contributed by atoms with Crippen molar-refractivity contribution in [2.24, 2.45) is 7.05 Å². The fraction of sp³-hybridized carbons (Fsp3) is 0.571. The number of aryl methyl sites for hydroxylation is 1. The number of para-hydroxylation sites is 1. The summed E-state index contributed by atoms with van der Waals surface area (Å²) in [7, 11) is -0.219. The first-order valence-corrected chi connectivity index (χ1v) is 11.8. The van der Waals surface area contributed by atoms with Gasteiger partial charge < -0.3 is 13.7 Å². The number of ether oxygens (including phenoxy) is 1. The van der Waals surface area contributed by atoms with Crippen LogP contribution in [-0.2, 0) is 11.8 Å². The third-order valence-corrected chi connectivity index (χ3v) is 11.5. The Labute approximate surface area is 158 Å². The molecule has 0 saturated heterocycles. The lowest BCUT2D eigenvalue weighted by Crippen LogP contribution is -2.51. The molecule has 4 nitrogen and oxygen atoms in total. The summed E-state index contributed by atoms with van der Waals surface area (Å²) in [5.74, 6) is 0.353. The number of esters is 1. The number of rotatable bonds is 7. The van der Waals surface area contributed by atoms with E-state index in [0.29, 0.717) is 34.7 Å². The van der Waals surface area contributed by atoms with E-state index in [2.05, 4.69) is 41.5 Å². The summed E-state index contributed by atoms with van der Waals surface area (Å²) in [5.41, 5.74) is 2.83. The van der Waals surface area contributed by atoms with Gasteiger partial charge in [-0.2, -0.15) is 0 Å². The molecule has 144 valence electrons. The standard InChI is InChI=1S/C21H33NO3Si/c1-9-24-21(23)19-17-12-10-11-13-18(17)22(8)20(19)25-26(14(2)3,15(4)5)16(6)7/h10-16H,9H2,1-8H3. The van der Waals surface area contributed by atoms with E-state index in [1.165, 1.54) is 0 Å². The lowest BCUT2D eigenvalue weighted by atomic mass is 10.2. The largest absolute Gasteiger partial charge is 0.530 e. The molecule has 2 rings (SSSR count). The SMILES string of the molecule is CCOC(=O)c1c(O[Si](C(C)C)(C(C)C)C(C)C)n(C)c2ccccc12. The average molecular weight is 376 g/mol. The predicted molar refractivity (Wildman–Crippen MR) is 111 cm³/mol. The van der Waals surface area contributed by atoms with Gasteiger partial charge in [0.15, 0.2) is 5.88 Å². The van der Waals surface area contributed by atoms with E-state index in [0.717, 1.165) is 10.9 Å². The van der Waals surface area contributed by atoms with Crippen molar-refractivity contribution < 1.29 is 14.0 Å². The van der Waals surface area contributed by atoms with Crippen LogP contribution in [0, 0.1) is 0 Å². The Morgan fingerprint density at radius 3 is 2.08 bits per heavy atom. The molecule has 0 saturated carbocycles. The minimum atomic E-state index is -2.19. The van der Waals surface area contributed by atoms with Crippen molar-refractivity contribution in [2.75, 3.05) is 6.61 Å². The van der Waals surface area contributed by atoms with E-state index >= 15 is 0 Å². The molecule has 0 unspecified atom stereocenters. The highest BCUT2D eigenvalue weighted by Gasteiger charge is 2.48. The lowest BCUT2D eigenvalue weighted by molar-refractivity contribution is 0.0526.